The van der Waals surface area contributed by atoms with Crippen LogP contribution >= 0.6 is 0 Å². The molecule has 0 aliphatic rings. The lowest BCUT2D eigenvalue weighted by atomic mass is 10.0. The van der Waals surface area contributed by atoms with Gasteiger partial charge in [-0.3, -0.25) is 4.79 Å². The van der Waals surface area contributed by atoms with Gasteiger partial charge in [0, 0.05) is 12.1 Å². The summed E-state index contributed by atoms with van der Waals surface area (Å²) in [6, 6.07) is 10.3. The Morgan fingerprint density at radius 1 is 1.22 bits per heavy atom. The van der Waals surface area contributed by atoms with Gasteiger partial charge >= 0.3 is 0 Å². The third-order valence-corrected chi connectivity index (χ3v) is 2.62. The first-order chi connectivity index (χ1) is 8.38. The first kappa shape index (κ1) is 14.7. The zero-order chi connectivity index (χ0) is 13.6. The van der Waals surface area contributed by atoms with E-state index in [1.54, 1.807) is 0 Å². The number of benzene rings is 1. The molecule has 0 saturated heterocycles. The lowest BCUT2D eigenvalue weighted by molar-refractivity contribution is -0.121. The van der Waals surface area contributed by atoms with E-state index in [-0.39, 0.29) is 11.4 Å². The molecule has 0 aliphatic heterocycles. The lowest BCUT2D eigenvalue weighted by Gasteiger charge is -2.21. The fraction of sp³-hybridized carbons (Fsp3) is 0.533. The normalized spacial score (nSPS) is 13.1. The Morgan fingerprint density at radius 2 is 1.83 bits per heavy atom. The molecule has 0 bridgehead atoms. The molecule has 0 aliphatic carbocycles. The van der Waals surface area contributed by atoms with Crippen LogP contribution < -0.4 is 10.6 Å². The van der Waals surface area contributed by atoms with E-state index >= 15 is 0 Å². The van der Waals surface area contributed by atoms with Crippen molar-refractivity contribution in [1.29, 1.82) is 0 Å². The molecule has 0 aromatic heterocycles. The maximum atomic E-state index is 11.6. The summed E-state index contributed by atoms with van der Waals surface area (Å²) in [7, 11) is 0. The molecule has 18 heavy (non-hydrogen) atoms. The van der Waals surface area contributed by atoms with E-state index in [1.165, 1.54) is 5.56 Å². The van der Waals surface area contributed by atoms with E-state index in [0.717, 1.165) is 6.54 Å². The van der Waals surface area contributed by atoms with E-state index in [0.29, 0.717) is 12.5 Å². The molecule has 3 heteroatoms. The molecule has 1 aromatic carbocycles. The maximum absolute atomic E-state index is 11.6. The second kappa shape index (κ2) is 6.55. The summed E-state index contributed by atoms with van der Waals surface area (Å²) in [4.78, 5) is 11.6. The van der Waals surface area contributed by atoms with Crippen molar-refractivity contribution in [3.05, 3.63) is 35.9 Å². The second-order valence-electron chi connectivity index (χ2n) is 5.74. The van der Waals surface area contributed by atoms with Crippen LogP contribution in [0.4, 0.5) is 0 Å². The van der Waals surface area contributed by atoms with Gasteiger partial charge in [-0.25, -0.2) is 0 Å². The zero-order valence-electron chi connectivity index (χ0n) is 11.8. The van der Waals surface area contributed by atoms with Crippen LogP contribution in [0, 0.1) is 0 Å². The van der Waals surface area contributed by atoms with Crippen molar-refractivity contribution in [3.63, 3.8) is 0 Å². The molecule has 3 nitrogen and oxygen atoms in total. The van der Waals surface area contributed by atoms with Crippen LogP contribution in [-0.2, 0) is 4.79 Å². The Kier molecular flexibility index (Phi) is 5.35. The number of carbonyl (C=O) groups is 1. The minimum atomic E-state index is -0.163. The van der Waals surface area contributed by atoms with Gasteiger partial charge in [-0.05, 0) is 32.3 Å². The van der Waals surface area contributed by atoms with Crippen LogP contribution in [0.3, 0.4) is 0 Å². The molecule has 0 radical (unpaired) electrons. The van der Waals surface area contributed by atoms with Crippen LogP contribution in [-0.4, -0.2) is 24.5 Å². The first-order valence-electron chi connectivity index (χ1n) is 6.45. The van der Waals surface area contributed by atoms with Crippen molar-refractivity contribution in [1.82, 2.24) is 10.6 Å². The number of nitrogens with one attached hydrogen (secondary N) is 2. The van der Waals surface area contributed by atoms with Crippen molar-refractivity contribution in [2.75, 3.05) is 13.1 Å². The van der Waals surface area contributed by atoms with Crippen molar-refractivity contribution in [2.45, 2.75) is 39.2 Å². The van der Waals surface area contributed by atoms with Gasteiger partial charge in [0.1, 0.15) is 0 Å². The highest BCUT2D eigenvalue weighted by Crippen LogP contribution is 2.12. The summed E-state index contributed by atoms with van der Waals surface area (Å²) in [5.74, 6) is 0.455. The summed E-state index contributed by atoms with van der Waals surface area (Å²) >= 11 is 0. The van der Waals surface area contributed by atoms with Crippen LogP contribution in [0.25, 0.3) is 0 Å². The first-order valence-corrected chi connectivity index (χ1v) is 6.45. The van der Waals surface area contributed by atoms with Gasteiger partial charge in [-0.15, -0.1) is 0 Å². The third-order valence-electron chi connectivity index (χ3n) is 2.62. The summed E-state index contributed by atoms with van der Waals surface area (Å²) in [6.45, 7) is 9.28. The highest BCUT2D eigenvalue weighted by Gasteiger charge is 2.13. The molecule has 0 fully saturated rings. The number of amides is 1. The molecular weight excluding hydrogens is 224 g/mol. The largest absolute Gasteiger partial charge is 0.350 e. The predicted octanol–water partition coefficient (Wildman–Crippen LogP) is 2.29. The number of rotatable bonds is 5. The predicted molar refractivity (Wildman–Crippen MR) is 75.6 cm³/mol. The minimum Gasteiger partial charge on any atom is -0.350 e. The van der Waals surface area contributed by atoms with Crippen LogP contribution in [0.1, 0.15) is 39.2 Å². The number of carbonyl (C=O) groups excluding carboxylic acids is 1. The van der Waals surface area contributed by atoms with Crippen molar-refractivity contribution in [3.8, 4) is 0 Å². The van der Waals surface area contributed by atoms with E-state index < -0.39 is 0 Å². The average molecular weight is 248 g/mol. The van der Waals surface area contributed by atoms with Crippen LogP contribution in [0.15, 0.2) is 30.3 Å². The van der Waals surface area contributed by atoms with Crippen molar-refractivity contribution in [2.24, 2.45) is 0 Å². The molecule has 100 valence electrons. The molecule has 1 unspecified atom stereocenters. The molecule has 0 saturated carbocycles. The average Bonchev–Trinajstić information content (AvgIpc) is 2.27. The summed E-state index contributed by atoms with van der Waals surface area (Å²) < 4.78 is 0. The highest BCUT2D eigenvalue weighted by atomic mass is 16.2. The monoisotopic (exact) mass is 248 g/mol. The number of hydrogen-bond acceptors (Lipinski definition) is 2. The van der Waals surface area contributed by atoms with E-state index in [2.05, 4.69) is 29.7 Å². The van der Waals surface area contributed by atoms with Gasteiger partial charge < -0.3 is 10.6 Å². The number of hydrogen-bond donors (Lipinski definition) is 2. The molecular formula is C15H24N2O. The van der Waals surface area contributed by atoms with E-state index in [9.17, 15) is 4.79 Å². The molecule has 0 spiro atoms. The van der Waals surface area contributed by atoms with Crippen LogP contribution in [0.2, 0.25) is 0 Å². The summed E-state index contributed by atoms with van der Waals surface area (Å²) in [5, 5.41) is 6.13. The molecule has 1 aromatic rings. The SMILES string of the molecule is CC(CNCC(=O)NC(C)(C)C)c1ccccc1. The fourth-order valence-corrected chi connectivity index (χ4v) is 1.76. The molecule has 1 amide bonds. The van der Waals surface area contributed by atoms with Gasteiger partial charge in [0.05, 0.1) is 6.54 Å². The summed E-state index contributed by atoms with van der Waals surface area (Å²) in [5.41, 5.74) is 1.13. The van der Waals surface area contributed by atoms with Crippen molar-refractivity contribution >= 4 is 5.91 Å². The minimum absolute atomic E-state index is 0.0442. The third kappa shape index (κ3) is 5.82. The Bertz CT molecular complexity index is 368. The van der Waals surface area contributed by atoms with Crippen molar-refractivity contribution < 1.29 is 4.79 Å². The topological polar surface area (TPSA) is 41.1 Å². The highest BCUT2D eigenvalue weighted by molar-refractivity contribution is 5.78. The second-order valence-corrected chi connectivity index (χ2v) is 5.74. The Balaban J connectivity index is 2.28. The van der Waals surface area contributed by atoms with Gasteiger partial charge in [0.15, 0.2) is 0 Å². The van der Waals surface area contributed by atoms with Gasteiger partial charge in [0.2, 0.25) is 5.91 Å². The standard InChI is InChI=1S/C15H24N2O/c1-12(13-8-6-5-7-9-13)10-16-11-14(18)17-15(2,3)4/h5-9,12,16H,10-11H2,1-4H3,(H,17,18). The Hall–Kier alpha value is -1.35. The van der Waals surface area contributed by atoms with Gasteiger partial charge in [-0.1, -0.05) is 37.3 Å². The Labute approximate surface area is 110 Å². The smallest absolute Gasteiger partial charge is 0.234 e. The van der Waals surface area contributed by atoms with Gasteiger partial charge in [-0.2, -0.15) is 0 Å². The van der Waals surface area contributed by atoms with E-state index in [1.807, 2.05) is 39.0 Å². The molecule has 1 atom stereocenters. The quantitative estimate of drug-likeness (QED) is 0.839. The van der Waals surface area contributed by atoms with E-state index in [4.69, 9.17) is 0 Å². The van der Waals surface area contributed by atoms with Gasteiger partial charge in [0.25, 0.3) is 0 Å². The van der Waals surface area contributed by atoms with Crippen LogP contribution in [0.5, 0.6) is 0 Å². The fourth-order valence-electron chi connectivity index (χ4n) is 1.76. The maximum Gasteiger partial charge on any atom is 0.234 e. The summed E-state index contributed by atoms with van der Waals surface area (Å²) in [6.07, 6.45) is 0. The Morgan fingerprint density at radius 3 is 2.39 bits per heavy atom. The molecule has 0 heterocycles. The molecule has 2 N–H and O–H groups in total. The lowest BCUT2D eigenvalue weighted by Crippen LogP contribution is -2.45. The zero-order valence-corrected chi connectivity index (χ0v) is 11.8. The molecule has 1 rings (SSSR count).